The van der Waals surface area contributed by atoms with Gasteiger partial charge in [0, 0.05) is 13.2 Å². The van der Waals surface area contributed by atoms with Crippen LogP contribution in [0.3, 0.4) is 0 Å². The van der Waals surface area contributed by atoms with Gasteiger partial charge in [-0.25, -0.2) is 15.4 Å². The third-order valence-corrected chi connectivity index (χ3v) is 3.32. The quantitative estimate of drug-likeness (QED) is 0.737. The highest BCUT2D eigenvalue weighted by molar-refractivity contribution is 5.25. The van der Waals surface area contributed by atoms with Crippen LogP contribution in [-0.4, -0.2) is 18.8 Å². The molecule has 0 unspecified atom stereocenters. The molecule has 0 spiro atoms. The summed E-state index contributed by atoms with van der Waals surface area (Å²) in [5.74, 6) is -1.17. The molecular weight excluding hydrogens is 224 g/mol. The summed E-state index contributed by atoms with van der Waals surface area (Å²) in [6.45, 7) is 7.21. The van der Waals surface area contributed by atoms with Crippen molar-refractivity contribution in [2.75, 3.05) is 7.11 Å². The first-order valence-corrected chi connectivity index (χ1v) is 5.44. The number of halogens is 2. The molecule has 0 heterocycles. The molecule has 1 aliphatic carbocycles. The predicted molar refractivity (Wildman–Crippen MR) is 59.4 cm³/mol. The van der Waals surface area contributed by atoms with Gasteiger partial charge >= 0.3 is 0 Å². The Hall–Kier alpha value is -1.47. The summed E-state index contributed by atoms with van der Waals surface area (Å²) in [6, 6.07) is 3.50. The van der Waals surface area contributed by atoms with Crippen LogP contribution in [0.5, 0.6) is 0 Å². The van der Waals surface area contributed by atoms with Gasteiger partial charge in [0.25, 0.3) is 0 Å². The molecular formula is C13H13F2NO. The number of nitrogens with zero attached hydrogens (tertiary/aromatic N) is 1. The third kappa shape index (κ3) is 2.29. The minimum Gasteiger partial charge on any atom is -0.381 e. The Morgan fingerprint density at radius 1 is 1.47 bits per heavy atom. The molecule has 0 amide bonds. The van der Waals surface area contributed by atoms with Crippen LogP contribution in [0, 0.1) is 18.2 Å². The Morgan fingerprint density at radius 3 is 2.71 bits per heavy atom. The fourth-order valence-electron chi connectivity index (χ4n) is 2.25. The number of rotatable bonds is 3. The number of hydrogen-bond donors (Lipinski definition) is 0. The van der Waals surface area contributed by atoms with E-state index < -0.39 is 17.2 Å². The minimum absolute atomic E-state index is 0.0904. The van der Waals surface area contributed by atoms with Gasteiger partial charge in [-0.2, -0.15) is 0 Å². The van der Waals surface area contributed by atoms with Gasteiger partial charge in [-0.15, -0.1) is 0 Å². The molecule has 0 aromatic heterocycles. The summed E-state index contributed by atoms with van der Waals surface area (Å²) in [4.78, 5) is 3.59. The van der Waals surface area contributed by atoms with E-state index in [1.807, 2.05) is 0 Å². The lowest BCUT2D eigenvalue weighted by Gasteiger charge is -2.37. The molecule has 0 saturated heterocycles. The minimum atomic E-state index is -0.591. The van der Waals surface area contributed by atoms with E-state index in [2.05, 4.69) is 4.85 Å². The molecule has 1 aromatic rings. The molecule has 2 rings (SSSR count). The van der Waals surface area contributed by atoms with E-state index >= 15 is 0 Å². The largest absolute Gasteiger partial charge is 0.381 e. The van der Waals surface area contributed by atoms with Gasteiger partial charge in [-0.05, 0) is 11.6 Å². The van der Waals surface area contributed by atoms with E-state index in [4.69, 9.17) is 11.3 Å². The zero-order chi connectivity index (χ0) is 12.5. The van der Waals surface area contributed by atoms with Crippen molar-refractivity contribution < 1.29 is 13.5 Å². The van der Waals surface area contributed by atoms with E-state index in [-0.39, 0.29) is 6.10 Å². The second-order valence-corrected chi connectivity index (χ2v) is 4.51. The van der Waals surface area contributed by atoms with Crippen LogP contribution in [0.4, 0.5) is 8.78 Å². The van der Waals surface area contributed by atoms with Crippen molar-refractivity contribution in [3.8, 4) is 0 Å². The van der Waals surface area contributed by atoms with Gasteiger partial charge in [-0.1, -0.05) is 6.07 Å². The lowest BCUT2D eigenvalue weighted by Crippen LogP contribution is -2.47. The normalized spacial score (nSPS) is 27.3. The van der Waals surface area contributed by atoms with Crippen LogP contribution in [-0.2, 0) is 11.2 Å². The second-order valence-electron chi connectivity index (χ2n) is 4.51. The van der Waals surface area contributed by atoms with Crippen molar-refractivity contribution >= 4 is 0 Å². The van der Waals surface area contributed by atoms with Gasteiger partial charge < -0.3 is 9.58 Å². The number of methoxy groups -OCH3 is 1. The van der Waals surface area contributed by atoms with Crippen molar-refractivity contribution in [1.29, 1.82) is 0 Å². The molecule has 0 N–H and O–H groups in total. The zero-order valence-corrected chi connectivity index (χ0v) is 9.54. The number of hydrogen-bond acceptors (Lipinski definition) is 1. The molecule has 17 heavy (non-hydrogen) atoms. The highest BCUT2D eigenvalue weighted by Crippen LogP contribution is 2.41. The van der Waals surface area contributed by atoms with E-state index in [1.165, 1.54) is 12.1 Å². The molecule has 1 aliphatic rings. The fraction of sp³-hybridized carbons (Fsp3) is 0.462. The monoisotopic (exact) mass is 237 g/mol. The molecule has 4 heteroatoms. The van der Waals surface area contributed by atoms with E-state index in [0.717, 1.165) is 6.07 Å². The number of ether oxygens (including phenoxy) is 1. The molecule has 1 fully saturated rings. The summed E-state index contributed by atoms with van der Waals surface area (Å²) in [6.07, 6.45) is 1.64. The fourth-order valence-corrected chi connectivity index (χ4v) is 2.25. The van der Waals surface area contributed by atoms with Gasteiger partial charge in [-0.3, -0.25) is 0 Å². The topological polar surface area (TPSA) is 13.6 Å². The maximum Gasteiger partial charge on any atom is 0.241 e. The molecule has 1 saturated carbocycles. The van der Waals surface area contributed by atoms with Crippen molar-refractivity contribution in [3.05, 3.63) is 46.8 Å². The molecule has 90 valence electrons. The maximum absolute atomic E-state index is 13.5. The molecule has 0 radical (unpaired) electrons. The van der Waals surface area contributed by atoms with Crippen molar-refractivity contribution in [1.82, 2.24) is 0 Å². The summed E-state index contributed by atoms with van der Waals surface area (Å²) in [5, 5.41) is 0. The van der Waals surface area contributed by atoms with Crippen molar-refractivity contribution in [2.24, 2.45) is 0 Å². The Balaban J connectivity index is 2.13. The SMILES string of the molecule is [C-]#[N+]C1(Cc2ccc(F)cc2F)CC(OC)C1. The summed E-state index contributed by atoms with van der Waals surface area (Å²) in [7, 11) is 1.61. The van der Waals surface area contributed by atoms with Gasteiger partial charge in [0.05, 0.1) is 25.4 Å². The van der Waals surface area contributed by atoms with Crippen molar-refractivity contribution in [3.63, 3.8) is 0 Å². The smallest absolute Gasteiger partial charge is 0.241 e. The molecule has 1 aromatic carbocycles. The van der Waals surface area contributed by atoms with Crippen LogP contribution in [0.1, 0.15) is 18.4 Å². The van der Waals surface area contributed by atoms with Crippen LogP contribution < -0.4 is 0 Å². The van der Waals surface area contributed by atoms with Crippen LogP contribution in [0.15, 0.2) is 18.2 Å². The zero-order valence-electron chi connectivity index (χ0n) is 9.54. The lowest BCUT2D eigenvalue weighted by molar-refractivity contribution is 0.000400. The molecule has 2 nitrogen and oxygen atoms in total. The summed E-state index contributed by atoms with van der Waals surface area (Å²) < 4.78 is 31.4. The highest BCUT2D eigenvalue weighted by Gasteiger charge is 2.51. The first-order chi connectivity index (χ1) is 8.08. The Bertz CT molecular complexity index is 461. The van der Waals surface area contributed by atoms with Gasteiger partial charge in [0.2, 0.25) is 5.54 Å². The summed E-state index contributed by atoms with van der Waals surface area (Å²) in [5.41, 5.74) is -0.170. The first kappa shape index (κ1) is 12.0. The standard InChI is InChI=1S/C13H13F2NO/c1-16-13(7-11(8-13)17-2)6-9-3-4-10(14)5-12(9)15/h3-5,11H,6-8H2,2H3. The molecule has 0 atom stereocenters. The Kier molecular flexibility index (Phi) is 3.12. The average Bonchev–Trinajstić information content (AvgIpc) is 2.26. The Labute approximate surface area is 99.0 Å². The maximum atomic E-state index is 13.5. The van der Waals surface area contributed by atoms with Gasteiger partial charge in [0.15, 0.2) is 0 Å². The van der Waals surface area contributed by atoms with Crippen LogP contribution in [0.25, 0.3) is 4.85 Å². The lowest BCUT2D eigenvalue weighted by atomic mass is 9.71. The highest BCUT2D eigenvalue weighted by atomic mass is 19.1. The van der Waals surface area contributed by atoms with E-state index in [1.54, 1.807) is 7.11 Å². The second kappa shape index (κ2) is 4.42. The third-order valence-electron chi connectivity index (χ3n) is 3.32. The van der Waals surface area contributed by atoms with Gasteiger partial charge in [0.1, 0.15) is 11.6 Å². The predicted octanol–water partition coefficient (Wildman–Crippen LogP) is 2.97. The van der Waals surface area contributed by atoms with E-state index in [9.17, 15) is 8.78 Å². The van der Waals surface area contributed by atoms with E-state index in [0.29, 0.717) is 24.8 Å². The molecule has 0 bridgehead atoms. The average molecular weight is 237 g/mol. The number of benzene rings is 1. The van der Waals surface area contributed by atoms with Crippen LogP contribution >= 0.6 is 0 Å². The van der Waals surface area contributed by atoms with Crippen molar-refractivity contribution in [2.45, 2.75) is 30.9 Å². The van der Waals surface area contributed by atoms with Crippen LogP contribution in [0.2, 0.25) is 0 Å². The first-order valence-electron chi connectivity index (χ1n) is 5.44. The Morgan fingerprint density at radius 2 is 2.18 bits per heavy atom. The molecule has 0 aliphatic heterocycles. The summed E-state index contributed by atoms with van der Waals surface area (Å²) >= 11 is 0.